The number of para-hydroxylation sites is 1. The highest BCUT2D eigenvalue weighted by Crippen LogP contribution is 2.14. The van der Waals surface area contributed by atoms with Crippen molar-refractivity contribution in [1.29, 1.82) is 0 Å². The number of hydrogen-bond acceptors (Lipinski definition) is 5. The van der Waals surface area contributed by atoms with E-state index in [0.717, 1.165) is 18.7 Å². The highest BCUT2D eigenvalue weighted by Gasteiger charge is 2.16. The lowest BCUT2D eigenvalue weighted by Crippen LogP contribution is -2.34. The third-order valence-corrected chi connectivity index (χ3v) is 3.14. The summed E-state index contributed by atoms with van der Waals surface area (Å²) in [5.41, 5.74) is 0.957. The van der Waals surface area contributed by atoms with Gasteiger partial charge in [0, 0.05) is 12.6 Å². The van der Waals surface area contributed by atoms with Gasteiger partial charge in [0.15, 0.2) is 0 Å². The number of nitrogens with one attached hydrogen (secondary N) is 1. The van der Waals surface area contributed by atoms with Gasteiger partial charge in [-0.2, -0.15) is 4.68 Å². The zero-order valence-electron chi connectivity index (χ0n) is 13.2. The molecule has 1 atom stereocenters. The van der Waals surface area contributed by atoms with Crippen molar-refractivity contribution in [3.63, 3.8) is 0 Å². The molecule has 0 fully saturated rings. The van der Waals surface area contributed by atoms with Crippen molar-refractivity contribution < 1.29 is 0 Å². The lowest BCUT2D eigenvalue weighted by Gasteiger charge is -2.24. The Labute approximate surface area is 126 Å². The summed E-state index contributed by atoms with van der Waals surface area (Å²) in [6.45, 7) is 5.40. The van der Waals surface area contributed by atoms with Gasteiger partial charge in [0.25, 0.3) is 0 Å². The maximum absolute atomic E-state index is 4.12. The van der Waals surface area contributed by atoms with Crippen molar-refractivity contribution >= 4 is 5.95 Å². The average Bonchev–Trinajstić information content (AvgIpc) is 2.86. The number of rotatable bonds is 7. The van der Waals surface area contributed by atoms with Crippen LogP contribution >= 0.6 is 0 Å². The molecule has 1 unspecified atom stereocenters. The van der Waals surface area contributed by atoms with E-state index in [-0.39, 0.29) is 0 Å². The van der Waals surface area contributed by atoms with E-state index in [9.17, 15) is 0 Å². The molecule has 0 amide bonds. The fourth-order valence-electron chi connectivity index (χ4n) is 2.39. The van der Waals surface area contributed by atoms with Crippen LogP contribution < -0.4 is 5.32 Å². The van der Waals surface area contributed by atoms with Gasteiger partial charge in [-0.15, -0.1) is 0 Å². The third-order valence-electron chi connectivity index (χ3n) is 3.14. The van der Waals surface area contributed by atoms with E-state index in [1.54, 1.807) is 4.68 Å². The summed E-state index contributed by atoms with van der Waals surface area (Å²) in [5.74, 6) is 1.30. The average molecular weight is 288 g/mol. The standard InChI is InChI=1S/C15H24N6/c1-12(2)10-13(11-20(3)4)16-15-17-18-19-21(15)14-8-6-5-7-9-14/h5-9,12-13H,10-11H2,1-4H3,(H,16,17,19). The summed E-state index contributed by atoms with van der Waals surface area (Å²) in [4.78, 5) is 2.18. The SMILES string of the molecule is CC(C)CC(CN(C)C)Nc1nnnn1-c1ccccc1. The first-order chi connectivity index (χ1) is 10.1. The molecule has 2 aromatic rings. The summed E-state index contributed by atoms with van der Waals surface area (Å²) in [5, 5.41) is 15.5. The monoisotopic (exact) mass is 288 g/mol. The van der Waals surface area contributed by atoms with Gasteiger partial charge >= 0.3 is 0 Å². The molecule has 1 heterocycles. The van der Waals surface area contributed by atoms with E-state index in [1.807, 2.05) is 30.3 Å². The minimum atomic E-state index is 0.313. The first-order valence-corrected chi connectivity index (χ1v) is 7.31. The molecule has 2 rings (SSSR count). The van der Waals surface area contributed by atoms with Crippen molar-refractivity contribution in [2.24, 2.45) is 5.92 Å². The van der Waals surface area contributed by atoms with Crippen molar-refractivity contribution in [2.75, 3.05) is 26.0 Å². The van der Waals surface area contributed by atoms with Crippen LogP contribution in [0.1, 0.15) is 20.3 Å². The summed E-state index contributed by atoms with van der Waals surface area (Å²) in [6.07, 6.45) is 1.07. The van der Waals surface area contributed by atoms with E-state index >= 15 is 0 Å². The molecule has 0 spiro atoms. The zero-order valence-corrected chi connectivity index (χ0v) is 13.2. The third kappa shape index (κ3) is 4.53. The minimum Gasteiger partial charge on any atom is -0.349 e. The number of likely N-dealkylation sites (N-methyl/N-ethyl adjacent to an activating group) is 1. The smallest absolute Gasteiger partial charge is 0.248 e. The molecule has 1 aromatic carbocycles. The molecule has 114 valence electrons. The molecule has 0 radical (unpaired) electrons. The van der Waals surface area contributed by atoms with Crippen LogP contribution in [-0.2, 0) is 0 Å². The number of tetrazole rings is 1. The zero-order chi connectivity index (χ0) is 15.2. The minimum absolute atomic E-state index is 0.313. The first-order valence-electron chi connectivity index (χ1n) is 7.31. The molecule has 6 heteroatoms. The van der Waals surface area contributed by atoms with Crippen molar-refractivity contribution in [3.05, 3.63) is 30.3 Å². The highest BCUT2D eigenvalue weighted by atomic mass is 15.6. The molecular weight excluding hydrogens is 264 g/mol. The van der Waals surface area contributed by atoms with Gasteiger partial charge in [0.2, 0.25) is 5.95 Å². The maximum atomic E-state index is 4.12. The Bertz CT molecular complexity index is 524. The maximum Gasteiger partial charge on any atom is 0.248 e. The fraction of sp³-hybridized carbons (Fsp3) is 0.533. The van der Waals surface area contributed by atoms with Crippen molar-refractivity contribution in [3.8, 4) is 5.69 Å². The topological polar surface area (TPSA) is 58.9 Å². The lowest BCUT2D eigenvalue weighted by atomic mass is 10.0. The van der Waals surface area contributed by atoms with Gasteiger partial charge in [-0.25, -0.2) is 0 Å². The number of benzene rings is 1. The second-order valence-electron chi connectivity index (χ2n) is 5.98. The van der Waals surface area contributed by atoms with E-state index in [0.29, 0.717) is 17.9 Å². The Morgan fingerprint density at radius 2 is 1.90 bits per heavy atom. The second-order valence-corrected chi connectivity index (χ2v) is 5.98. The normalized spacial score (nSPS) is 12.9. The molecular formula is C15H24N6. The molecule has 0 aliphatic heterocycles. The lowest BCUT2D eigenvalue weighted by molar-refractivity contribution is 0.355. The number of anilines is 1. The summed E-state index contributed by atoms with van der Waals surface area (Å²) >= 11 is 0. The van der Waals surface area contributed by atoms with Crippen LogP contribution in [0.2, 0.25) is 0 Å². The largest absolute Gasteiger partial charge is 0.349 e. The number of aromatic nitrogens is 4. The van der Waals surface area contributed by atoms with Crippen LogP contribution in [0, 0.1) is 5.92 Å². The van der Waals surface area contributed by atoms with Gasteiger partial charge in [-0.05, 0) is 49.0 Å². The first kappa shape index (κ1) is 15.4. The Kier molecular flexibility index (Phi) is 5.27. The summed E-state index contributed by atoms with van der Waals surface area (Å²) in [7, 11) is 4.16. The fourth-order valence-corrected chi connectivity index (χ4v) is 2.39. The van der Waals surface area contributed by atoms with Crippen molar-refractivity contribution in [2.45, 2.75) is 26.3 Å². The summed E-state index contributed by atoms with van der Waals surface area (Å²) < 4.78 is 1.74. The van der Waals surface area contributed by atoms with Gasteiger partial charge < -0.3 is 10.2 Å². The van der Waals surface area contributed by atoms with Gasteiger partial charge in [-0.1, -0.05) is 37.1 Å². The van der Waals surface area contributed by atoms with Crippen LogP contribution in [-0.4, -0.2) is 51.8 Å². The van der Waals surface area contributed by atoms with Gasteiger partial charge in [0.1, 0.15) is 0 Å². The van der Waals surface area contributed by atoms with E-state index in [4.69, 9.17) is 0 Å². The molecule has 6 nitrogen and oxygen atoms in total. The molecule has 0 saturated carbocycles. The quantitative estimate of drug-likeness (QED) is 0.845. The molecule has 1 N–H and O–H groups in total. The van der Waals surface area contributed by atoms with Gasteiger partial charge in [0.05, 0.1) is 5.69 Å². The predicted octanol–water partition coefficient (Wildman–Crippen LogP) is 2.05. The molecule has 0 saturated heterocycles. The van der Waals surface area contributed by atoms with E-state index < -0.39 is 0 Å². The van der Waals surface area contributed by atoms with Gasteiger partial charge in [-0.3, -0.25) is 0 Å². The molecule has 1 aromatic heterocycles. The van der Waals surface area contributed by atoms with Crippen LogP contribution in [0.25, 0.3) is 5.69 Å². The predicted molar refractivity (Wildman–Crippen MR) is 84.6 cm³/mol. The Morgan fingerprint density at radius 3 is 2.52 bits per heavy atom. The molecule has 0 bridgehead atoms. The Balaban J connectivity index is 2.16. The molecule has 21 heavy (non-hydrogen) atoms. The van der Waals surface area contributed by atoms with Crippen LogP contribution in [0.15, 0.2) is 30.3 Å². The highest BCUT2D eigenvalue weighted by molar-refractivity contribution is 5.38. The van der Waals surface area contributed by atoms with Crippen LogP contribution in [0.4, 0.5) is 5.95 Å². The summed E-state index contributed by atoms with van der Waals surface area (Å²) in [6, 6.07) is 10.2. The molecule has 0 aliphatic carbocycles. The Hall–Kier alpha value is -1.95. The van der Waals surface area contributed by atoms with Crippen LogP contribution in [0.5, 0.6) is 0 Å². The van der Waals surface area contributed by atoms with Crippen LogP contribution in [0.3, 0.4) is 0 Å². The van der Waals surface area contributed by atoms with E-state index in [2.05, 4.69) is 53.7 Å². The molecule has 0 aliphatic rings. The number of nitrogens with zero attached hydrogens (tertiary/aromatic N) is 5. The number of hydrogen-bond donors (Lipinski definition) is 1. The van der Waals surface area contributed by atoms with E-state index in [1.165, 1.54) is 0 Å². The van der Waals surface area contributed by atoms with Crippen molar-refractivity contribution in [1.82, 2.24) is 25.1 Å². The Morgan fingerprint density at radius 1 is 1.19 bits per heavy atom. The second kappa shape index (κ2) is 7.17.